The normalized spacial score (nSPS) is 11.1. The maximum Gasteiger partial charge on any atom is 0.306 e. The monoisotopic (exact) mass is 566 g/mol. The van der Waals surface area contributed by atoms with E-state index in [1.807, 2.05) is 54.6 Å². The molecule has 0 aliphatic rings. The number of hydrogen-bond acceptors (Lipinski definition) is 7. The molecule has 0 unspecified atom stereocenters. The third-order valence-electron chi connectivity index (χ3n) is 5.47. The minimum atomic E-state index is -0.309. The van der Waals surface area contributed by atoms with Crippen molar-refractivity contribution in [1.29, 1.82) is 0 Å². The highest BCUT2D eigenvalue weighted by molar-refractivity contribution is 7.10. The molecule has 7 nitrogen and oxygen atoms in total. The molecule has 37 heavy (non-hydrogen) atoms. The van der Waals surface area contributed by atoms with E-state index in [1.54, 1.807) is 5.38 Å². The average Bonchev–Trinajstić information content (AvgIpc) is 3.27. The number of thiazole rings is 1. The Morgan fingerprint density at radius 1 is 1.05 bits per heavy atom. The van der Waals surface area contributed by atoms with Crippen molar-refractivity contribution < 1.29 is 14.3 Å². The predicted octanol–water partition coefficient (Wildman–Crippen LogP) is 5.75. The molecule has 0 fully saturated rings. The summed E-state index contributed by atoms with van der Waals surface area (Å²) in [5, 5.41) is 8.73. The SMILES string of the molecule is CCCCCC(=O)O[C@@H](CNCCc1ccc(NC(=O)Cc2nc(N)cs2)cc1)c1ccccc1.Cl.Cl. The number of anilines is 2. The number of aromatic nitrogens is 1. The number of nitrogens with two attached hydrogens (primary N) is 1. The lowest BCUT2D eigenvalue weighted by atomic mass is 10.1. The number of unbranched alkanes of at least 4 members (excludes halogenated alkanes) is 2. The van der Waals surface area contributed by atoms with Gasteiger partial charge < -0.3 is 21.1 Å². The number of rotatable bonds is 14. The lowest BCUT2D eigenvalue weighted by molar-refractivity contribution is -0.149. The third kappa shape index (κ3) is 12.0. The standard InChI is InChI=1S/C27H34N4O3S.2ClH/c1-2-3-5-10-27(33)34-23(21-8-6-4-7-9-21)18-29-16-15-20-11-13-22(14-12-20)30-25(32)17-26-31-24(28)19-35-26;;/h4,6-9,11-14,19,23,29H,2-3,5,10,15-18,28H2,1H3,(H,30,32);2*1H/t23-;;/m0../s1. The third-order valence-corrected chi connectivity index (χ3v) is 6.34. The lowest BCUT2D eigenvalue weighted by Gasteiger charge is -2.19. The largest absolute Gasteiger partial charge is 0.456 e. The highest BCUT2D eigenvalue weighted by atomic mass is 35.5. The van der Waals surface area contributed by atoms with Crippen LogP contribution in [-0.4, -0.2) is 29.9 Å². The van der Waals surface area contributed by atoms with Crippen molar-refractivity contribution >= 4 is 59.5 Å². The van der Waals surface area contributed by atoms with Gasteiger partial charge in [-0.15, -0.1) is 36.2 Å². The number of carbonyl (C=O) groups excluding carboxylic acids is 2. The van der Waals surface area contributed by atoms with Crippen LogP contribution in [0.25, 0.3) is 0 Å². The molecule has 1 amide bonds. The van der Waals surface area contributed by atoms with Crippen molar-refractivity contribution in [2.45, 2.75) is 51.6 Å². The summed E-state index contributed by atoms with van der Waals surface area (Å²) in [4.78, 5) is 28.6. The van der Waals surface area contributed by atoms with Crippen LogP contribution in [0.15, 0.2) is 60.0 Å². The van der Waals surface area contributed by atoms with Crippen LogP contribution in [0.1, 0.15) is 54.8 Å². The first-order valence-corrected chi connectivity index (χ1v) is 12.9. The van der Waals surface area contributed by atoms with Gasteiger partial charge in [-0.3, -0.25) is 9.59 Å². The molecule has 0 aliphatic carbocycles. The first kappa shape index (κ1) is 32.4. The zero-order valence-corrected chi connectivity index (χ0v) is 23.4. The van der Waals surface area contributed by atoms with Crippen molar-refractivity contribution in [1.82, 2.24) is 10.3 Å². The van der Waals surface area contributed by atoms with Crippen molar-refractivity contribution in [3.05, 3.63) is 76.1 Å². The Morgan fingerprint density at radius 3 is 2.43 bits per heavy atom. The molecule has 0 aliphatic heterocycles. The molecule has 3 aromatic rings. The van der Waals surface area contributed by atoms with E-state index in [0.717, 1.165) is 49.0 Å². The van der Waals surface area contributed by atoms with Crippen molar-refractivity contribution in [2.75, 3.05) is 24.1 Å². The van der Waals surface area contributed by atoms with Gasteiger partial charge in [0.2, 0.25) is 5.91 Å². The molecule has 1 atom stereocenters. The Bertz CT molecular complexity index is 1070. The Kier molecular flexibility index (Phi) is 15.5. The number of nitrogens with one attached hydrogen (secondary N) is 2. The van der Waals surface area contributed by atoms with E-state index in [-0.39, 0.29) is 49.2 Å². The van der Waals surface area contributed by atoms with E-state index in [2.05, 4.69) is 22.5 Å². The summed E-state index contributed by atoms with van der Waals surface area (Å²) in [6.45, 7) is 3.42. The van der Waals surface area contributed by atoms with Crippen LogP contribution in [0, 0.1) is 0 Å². The summed E-state index contributed by atoms with van der Waals surface area (Å²) < 4.78 is 5.78. The van der Waals surface area contributed by atoms with Gasteiger partial charge in [-0.2, -0.15) is 0 Å². The number of esters is 1. The molecule has 2 aromatic carbocycles. The minimum Gasteiger partial charge on any atom is -0.456 e. The molecule has 10 heteroatoms. The zero-order valence-electron chi connectivity index (χ0n) is 21.0. The first-order chi connectivity index (χ1) is 17.0. The molecule has 4 N–H and O–H groups in total. The van der Waals surface area contributed by atoms with Crippen LogP contribution in [0.3, 0.4) is 0 Å². The number of hydrogen-bond donors (Lipinski definition) is 3. The lowest BCUT2D eigenvalue weighted by Crippen LogP contribution is -2.27. The van der Waals surface area contributed by atoms with Crippen LogP contribution in [0.5, 0.6) is 0 Å². The number of carbonyl (C=O) groups is 2. The van der Waals surface area contributed by atoms with Crippen LogP contribution < -0.4 is 16.4 Å². The maximum atomic E-state index is 12.3. The smallest absolute Gasteiger partial charge is 0.306 e. The fraction of sp³-hybridized carbons (Fsp3) is 0.370. The van der Waals surface area contributed by atoms with Crippen LogP contribution in [0.2, 0.25) is 0 Å². The highest BCUT2D eigenvalue weighted by Crippen LogP contribution is 2.18. The van der Waals surface area contributed by atoms with E-state index in [4.69, 9.17) is 10.5 Å². The van der Waals surface area contributed by atoms with E-state index in [9.17, 15) is 9.59 Å². The van der Waals surface area contributed by atoms with Gasteiger partial charge in [0.15, 0.2) is 0 Å². The molecule has 3 rings (SSSR count). The quantitative estimate of drug-likeness (QED) is 0.169. The summed E-state index contributed by atoms with van der Waals surface area (Å²) in [6.07, 6.45) is 4.14. The summed E-state index contributed by atoms with van der Waals surface area (Å²) in [5.41, 5.74) is 8.49. The van der Waals surface area contributed by atoms with E-state index < -0.39 is 0 Å². The summed E-state index contributed by atoms with van der Waals surface area (Å²) in [6, 6.07) is 17.6. The van der Waals surface area contributed by atoms with E-state index >= 15 is 0 Å². The van der Waals surface area contributed by atoms with E-state index in [0.29, 0.717) is 23.8 Å². The fourth-order valence-electron chi connectivity index (χ4n) is 3.60. The second kappa shape index (κ2) is 17.7. The average molecular weight is 568 g/mol. The number of ether oxygens (including phenoxy) is 1. The Hall–Kier alpha value is -2.65. The second-order valence-electron chi connectivity index (χ2n) is 8.39. The molecule has 1 heterocycles. The molecule has 0 radical (unpaired) electrons. The maximum absolute atomic E-state index is 12.3. The topological polar surface area (TPSA) is 106 Å². The number of nitrogen functional groups attached to an aromatic ring is 1. The molecular weight excluding hydrogens is 531 g/mol. The minimum absolute atomic E-state index is 0. The van der Waals surface area contributed by atoms with Gasteiger partial charge >= 0.3 is 5.97 Å². The van der Waals surface area contributed by atoms with Gasteiger partial charge in [-0.25, -0.2) is 4.98 Å². The molecule has 0 spiro atoms. The summed E-state index contributed by atoms with van der Waals surface area (Å²) in [7, 11) is 0. The molecule has 0 bridgehead atoms. The molecule has 1 aromatic heterocycles. The van der Waals surface area contributed by atoms with Gasteiger partial charge in [0, 0.05) is 24.0 Å². The number of benzene rings is 2. The van der Waals surface area contributed by atoms with Gasteiger partial charge in [0.05, 0.1) is 6.42 Å². The van der Waals surface area contributed by atoms with Gasteiger partial charge in [0.25, 0.3) is 0 Å². The van der Waals surface area contributed by atoms with Crippen LogP contribution >= 0.6 is 36.2 Å². The van der Waals surface area contributed by atoms with Crippen LogP contribution in [-0.2, 0) is 27.2 Å². The second-order valence-corrected chi connectivity index (χ2v) is 9.33. The summed E-state index contributed by atoms with van der Waals surface area (Å²) >= 11 is 1.38. The number of amides is 1. The highest BCUT2D eigenvalue weighted by Gasteiger charge is 2.16. The first-order valence-electron chi connectivity index (χ1n) is 12.1. The number of nitrogens with zero attached hydrogens (tertiary/aromatic N) is 1. The number of halogens is 2. The Labute approximate surface area is 235 Å². The van der Waals surface area contributed by atoms with Crippen molar-refractivity contribution in [2.24, 2.45) is 0 Å². The molecule has 0 saturated carbocycles. The summed E-state index contributed by atoms with van der Waals surface area (Å²) in [5.74, 6) is 0.172. The molecule has 0 saturated heterocycles. The van der Waals surface area contributed by atoms with E-state index in [1.165, 1.54) is 11.3 Å². The predicted molar refractivity (Wildman–Crippen MR) is 156 cm³/mol. The Balaban J connectivity index is 0.00000342. The molecule has 202 valence electrons. The van der Waals surface area contributed by atoms with Gasteiger partial charge in [-0.05, 0) is 42.6 Å². The van der Waals surface area contributed by atoms with Crippen LogP contribution in [0.4, 0.5) is 11.5 Å². The van der Waals surface area contributed by atoms with Crippen molar-refractivity contribution in [3.63, 3.8) is 0 Å². The zero-order chi connectivity index (χ0) is 24.9. The Morgan fingerprint density at radius 2 is 1.78 bits per heavy atom. The fourth-order valence-corrected chi connectivity index (χ4v) is 4.28. The van der Waals surface area contributed by atoms with Crippen molar-refractivity contribution in [3.8, 4) is 0 Å². The van der Waals surface area contributed by atoms with Gasteiger partial charge in [-0.1, -0.05) is 62.2 Å². The van der Waals surface area contributed by atoms with Gasteiger partial charge in [0.1, 0.15) is 16.9 Å². The molecular formula is C27H36Cl2N4O3S.